The number of aliphatic hydroxyl groups is 1. The summed E-state index contributed by atoms with van der Waals surface area (Å²) in [6.45, 7) is 8.28. The van der Waals surface area contributed by atoms with Gasteiger partial charge in [-0.2, -0.15) is 0 Å². The maximum atomic E-state index is 10.5. The van der Waals surface area contributed by atoms with Crippen molar-refractivity contribution in [3.05, 3.63) is 23.3 Å². The Morgan fingerprint density at radius 2 is 2.04 bits per heavy atom. The highest BCUT2D eigenvalue weighted by atomic mass is 16.5. The van der Waals surface area contributed by atoms with E-state index in [1.165, 1.54) is 12.8 Å². The van der Waals surface area contributed by atoms with Gasteiger partial charge in [0.1, 0.15) is 17.1 Å². The summed E-state index contributed by atoms with van der Waals surface area (Å²) in [5.74, 6) is 0.936. The molecule has 0 radical (unpaired) electrons. The molecule has 0 fully saturated rings. The fraction of sp³-hybridized carbons (Fsp3) is 0.632. The lowest BCUT2D eigenvalue weighted by atomic mass is 9.90. The highest BCUT2D eigenvalue weighted by Crippen LogP contribution is 2.39. The first-order valence-electron chi connectivity index (χ1n) is 8.59. The van der Waals surface area contributed by atoms with Gasteiger partial charge < -0.3 is 14.9 Å². The Hall–Kier alpha value is -1.55. The van der Waals surface area contributed by atoms with Crippen molar-refractivity contribution in [3.63, 3.8) is 0 Å². The van der Waals surface area contributed by atoms with Gasteiger partial charge in [0.25, 0.3) is 0 Å². The number of benzene rings is 1. The Bertz CT molecular complexity index is 576. The van der Waals surface area contributed by atoms with Crippen molar-refractivity contribution in [2.45, 2.75) is 71.5 Å². The van der Waals surface area contributed by atoms with Crippen LogP contribution in [-0.4, -0.2) is 34.2 Å². The lowest BCUT2D eigenvalue weighted by Gasteiger charge is -2.34. The van der Waals surface area contributed by atoms with Gasteiger partial charge in [-0.15, -0.1) is 0 Å². The van der Waals surface area contributed by atoms with Crippen LogP contribution < -0.4 is 4.74 Å². The van der Waals surface area contributed by atoms with Crippen LogP contribution in [0.4, 0.5) is 0 Å². The fourth-order valence-electron chi connectivity index (χ4n) is 2.95. The van der Waals surface area contributed by atoms with Crippen molar-refractivity contribution in [1.82, 2.24) is 0 Å². The second-order valence-corrected chi connectivity index (χ2v) is 7.12. The molecule has 1 aliphatic heterocycles. The van der Waals surface area contributed by atoms with Crippen molar-refractivity contribution in [1.29, 1.82) is 0 Å². The predicted molar refractivity (Wildman–Crippen MR) is 93.7 cm³/mol. The standard InChI is InChI=1S/C19H29NO3/c1-5-6-7-8-14-9-16(22)18-15(20-12-13(2)21)11-19(3,4)23-17(18)10-14/h9-10,13,21-22H,5-8,11-12H2,1-4H3/t13-/m0/s1. The first kappa shape index (κ1) is 17.8. The van der Waals surface area contributed by atoms with Gasteiger partial charge in [-0.3, -0.25) is 4.99 Å². The van der Waals surface area contributed by atoms with Gasteiger partial charge in [0.2, 0.25) is 0 Å². The molecule has 1 atom stereocenters. The average Bonchev–Trinajstić information content (AvgIpc) is 2.43. The van der Waals surface area contributed by atoms with Gasteiger partial charge >= 0.3 is 0 Å². The van der Waals surface area contributed by atoms with Crippen LogP contribution in [0.2, 0.25) is 0 Å². The normalized spacial score (nSPS) is 19.3. The van der Waals surface area contributed by atoms with Gasteiger partial charge in [0, 0.05) is 6.42 Å². The molecule has 0 saturated carbocycles. The van der Waals surface area contributed by atoms with Gasteiger partial charge in [-0.25, -0.2) is 0 Å². The van der Waals surface area contributed by atoms with E-state index in [2.05, 4.69) is 11.9 Å². The minimum atomic E-state index is -0.493. The van der Waals surface area contributed by atoms with Crippen molar-refractivity contribution >= 4 is 5.71 Å². The van der Waals surface area contributed by atoms with Crippen molar-refractivity contribution in [2.75, 3.05) is 6.54 Å². The zero-order valence-electron chi connectivity index (χ0n) is 14.7. The van der Waals surface area contributed by atoms with E-state index < -0.39 is 6.10 Å². The number of phenolic OH excluding ortho intramolecular Hbond substituents is 1. The third kappa shape index (κ3) is 4.71. The highest BCUT2D eigenvalue weighted by molar-refractivity contribution is 6.06. The summed E-state index contributed by atoms with van der Waals surface area (Å²) < 4.78 is 6.08. The second kappa shape index (κ2) is 7.35. The summed E-state index contributed by atoms with van der Waals surface area (Å²) in [7, 11) is 0. The van der Waals surface area contributed by atoms with Crippen LogP contribution in [0, 0.1) is 0 Å². The first-order valence-corrected chi connectivity index (χ1v) is 8.59. The molecule has 0 saturated heterocycles. The molecule has 2 rings (SSSR count). The molecule has 1 heterocycles. The highest BCUT2D eigenvalue weighted by Gasteiger charge is 2.33. The zero-order chi connectivity index (χ0) is 17.0. The summed E-state index contributed by atoms with van der Waals surface area (Å²) in [6, 6.07) is 3.86. The number of ether oxygens (including phenoxy) is 1. The van der Waals surface area contributed by atoms with Crippen LogP contribution in [0.25, 0.3) is 0 Å². The molecule has 0 spiro atoms. The van der Waals surface area contributed by atoms with Crippen LogP contribution in [-0.2, 0) is 6.42 Å². The Labute approximate surface area is 139 Å². The monoisotopic (exact) mass is 319 g/mol. The molecular weight excluding hydrogens is 290 g/mol. The number of hydrogen-bond acceptors (Lipinski definition) is 4. The largest absolute Gasteiger partial charge is 0.507 e. The van der Waals surface area contributed by atoms with E-state index in [0.717, 1.165) is 24.1 Å². The molecular formula is C19H29NO3. The molecule has 2 N–H and O–H groups in total. The summed E-state index contributed by atoms with van der Waals surface area (Å²) in [4.78, 5) is 4.51. The molecule has 4 heteroatoms. The lowest BCUT2D eigenvalue weighted by molar-refractivity contribution is 0.110. The van der Waals surface area contributed by atoms with Crippen molar-refractivity contribution in [2.24, 2.45) is 4.99 Å². The van der Waals surface area contributed by atoms with E-state index in [0.29, 0.717) is 24.3 Å². The molecule has 0 amide bonds. The van der Waals surface area contributed by atoms with Gasteiger partial charge in [-0.05, 0) is 51.3 Å². The molecule has 128 valence electrons. The SMILES string of the molecule is CCCCCc1cc(O)c2c(c1)OC(C)(C)CC2=NC[C@H](C)O. The molecule has 1 aromatic rings. The predicted octanol–water partition coefficient (Wildman–Crippen LogP) is 3.86. The number of unbranched alkanes of at least 4 members (excludes halogenated alkanes) is 2. The number of fused-ring (bicyclic) bond motifs is 1. The van der Waals surface area contributed by atoms with Gasteiger partial charge in [0.05, 0.1) is 23.9 Å². The molecule has 1 aliphatic rings. The quantitative estimate of drug-likeness (QED) is 0.783. The number of nitrogens with zero attached hydrogens (tertiary/aromatic N) is 1. The summed E-state index contributed by atoms with van der Waals surface area (Å²) in [5, 5.41) is 20.0. The average molecular weight is 319 g/mol. The Morgan fingerprint density at radius 1 is 1.30 bits per heavy atom. The van der Waals surface area contributed by atoms with Crippen molar-refractivity contribution in [3.8, 4) is 11.5 Å². The summed E-state index contributed by atoms with van der Waals surface area (Å²) >= 11 is 0. The van der Waals surface area contributed by atoms with Crippen LogP contribution in [0.1, 0.15) is 64.5 Å². The minimum Gasteiger partial charge on any atom is -0.507 e. The molecule has 23 heavy (non-hydrogen) atoms. The van der Waals surface area contributed by atoms with Gasteiger partial charge in [0.15, 0.2) is 0 Å². The summed E-state index contributed by atoms with van der Waals surface area (Å²) in [6.07, 6.45) is 4.55. The van der Waals surface area contributed by atoms with E-state index >= 15 is 0 Å². The number of aromatic hydroxyl groups is 1. The molecule has 0 unspecified atom stereocenters. The second-order valence-electron chi connectivity index (χ2n) is 7.12. The lowest BCUT2D eigenvalue weighted by Crippen LogP contribution is -2.36. The van der Waals surface area contributed by atoms with E-state index in [1.807, 2.05) is 26.0 Å². The number of phenols is 1. The molecule has 0 bridgehead atoms. The van der Waals surface area contributed by atoms with Crippen LogP contribution >= 0.6 is 0 Å². The zero-order valence-corrected chi connectivity index (χ0v) is 14.7. The first-order chi connectivity index (χ1) is 10.8. The van der Waals surface area contributed by atoms with E-state index in [4.69, 9.17) is 4.74 Å². The minimum absolute atomic E-state index is 0.230. The number of rotatable bonds is 6. The maximum Gasteiger partial charge on any atom is 0.133 e. The number of aryl methyl sites for hydroxylation is 1. The van der Waals surface area contributed by atoms with Crippen LogP contribution in [0.15, 0.2) is 17.1 Å². The topological polar surface area (TPSA) is 62.0 Å². The molecule has 0 aliphatic carbocycles. The van der Waals surface area contributed by atoms with Crippen molar-refractivity contribution < 1.29 is 14.9 Å². The third-order valence-electron chi connectivity index (χ3n) is 4.02. The Balaban J connectivity index is 2.35. The molecule has 0 aromatic heterocycles. The Kier molecular flexibility index (Phi) is 5.69. The summed E-state index contributed by atoms with van der Waals surface area (Å²) in [5.41, 5.74) is 2.24. The van der Waals surface area contributed by atoms with E-state index in [1.54, 1.807) is 6.92 Å². The number of hydrogen-bond donors (Lipinski definition) is 2. The van der Waals surface area contributed by atoms with Gasteiger partial charge in [-0.1, -0.05) is 19.8 Å². The third-order valence-corrected chi connectivity index (χ3v) is 4.02. The molecule has 4 nitrogen and oxygen atoms in total. The smallest absolute Gasteiger partial charge is 0.133 e. The molecule has 1 aromatic carbocycles. The maximum absolute atomic E-state index is 10.5. The van der Waals surface area contributed by atoms with E-state index in [9.17, 15) is 10.2 Å². The van der Waals surface area contributed by atoms with Crippen LogP contribution in [0.3, 0.4) is 0 Å². The van der Waals surface area contributed by atoms with Crippen LogP contribution in [0.5, 0.6) is 11.5 Å². The number of aliphatic hydroxyl groups excluding tert-OH is 1. The Morgan fingerprint density at radius 3 is 2.70 bits per heavy atom. The van der Waals surface area contributed by atoms with E-state index in [-0.39, 0.29) is 11.4 Å². The fourth-order valence-corrected chi connectivity index (χ4v) is 2.95. The number of aliphatic imine (C=N–C) groups is 1.